The van der Waals surface area contributed by atoms with Crippen LogP contribution in [0.2, 0.25) is 0 Å². The molecule has 0 aliphatic heterocycles. The summed E-state index contributed by atoms with van der Waals surface area (Å²) in [6.45, 7) is 0. The normalized spacial score (nSPS) is 10.1. The smallest absolute Gasteiger partial charge is 0.171 e. The third-order valence-corrected chi connectivity index (χ3v) is 1.69. The Labute approximate surface area is 79.0 Å². The van der Waals surface area contributed by atoms with Gasteiger partial charge in [-0.05, 0) is 24.3 Å². The average molecular weight is 191 g/mol. The number of hydrogen-bond donors (Lipinski definition) is 0. The predicted octanol–water partition coefficient (Wildman–Crippen LogP) is 1.22. The number of carbonyl (C=O) groups is 1. The zero-order valence-electron chi connectivity index (χ0n) is 7.09. The van der Waals surface area contributed by atoms with E-state index in [4.69, 9.17) is 0 Å². The number of halogens is 1. The van der Waals surface area contributed by atoms with E-state index < -0.39 is 0 Å². The van der Waals surface area contributed by atoms with Gasteiger partial charge in [0.15, 0.2) is 6.29 Å². The van der Waals surface area contributed by atoms with Gasteiger partial charge < -0.3 is 0 Å². The number of benzene rings is 1. The summed E-state index contributed by atoms with van der Waals surface area (Å²) in [5, 5.41) is 7.68. The van der Waals surface area contributed by atoms with Gasteiger partial charge in [-0.3, -0.25) is 4.79 Å². The summed E-state index contributed by atoms with van der Waals surface area (Å²) in [6.07, 6.45) is 1.95. The zero-order chi connectivity index (χ0) is 9.97. The Morgan fingerprint density at radius 2 is 2.00 bits per heavy atom. The van der Waals surface area contributed by atoms with Crippen molar-refractivity contribution in [3.8, 4) is 5.69 Å². The standard InChI is InChI=1S/C9H6FN3O/c10-7-1-3-9(4-2-7)13-11-5-8(6-14)12-13/h1-6H. The maximum absolute atomic E-state index is 12.6. The van der Waals surface area contributed by atoms with Crippen molar-refractivity contribution in [1.29, 1.82) is 0 Å². The molecule has 0 unspecified atom stereocenters. The van der Waals surface area contributed by atoms with Crippen LogP contribution in [0.25, 0.3) is 5.69 Å². The molecule has 4 nitrogen and oxygen atoms in total. The van der Waals surface area contributed by atoms with Gasteiger partial charge in [0.05, 0.1) is 11.9 Å². The molecule has 0 saturated heterocycles. The highest BCUT2D eigenvalue weighted by Gasteiger charge is 2.01. The summed E-state index contributed by atoms with van der Waals surface area (Å²) in [4.78, 5) is 11.6. The molecule has 0 atom stereocenters. The number of nitrogens with zero attached hydrogens (tertiary/aromatic N) is 3. The lowest BCUT2D eigenvalue weighted by atomic mass is 10.3. The van der Waals surface area contributed by atoms with Crippen molar-refractivity contribution in [2.45, 2.75) is 0 Å². The van der Waals surface area contributed by atoms with Crippen LogP contribution in [0.3, 0.4) is 0 Å². The van der Waals surface area contributed by atoms with Crippen LogP contribution in [-0.4, -0.2) is 21.3 Å². The van der Waals surface area contributed by atoms with Crippen molar-refractivity contribution in [3.63, 3.8) is 0 Å². The van der Waals surface area contributed by atoms with E-state index in [2.05, 4.69) is 10.2 Å². The van der Waals surface area contributed by atoms with Gasteiger partial charge in [0.25, 0.3) is 0 Å². The minimum absolute atomic E-state index is 0.245. The van der Waals surface area contributed by atoms with Crippen LogP contribution in [0, 0.1) is 5.82 Å². The van der Waals surface area contributed by atoms with Crippen LogP contribution in [0.15, 0.2) is 30.5 Å². The van der Waals surface area contributed by atoms with Gasteiger partial charge in [-0.15, -0.1) is 5.10 Å². The molecular weight excluding hydrogens is 185 g/mol. The molecule has 14 heavy (non-hydrogen) atoms. The molecule has 5 heteroatoms. The third kappa shape index (κ3) is 1.52. The lowest BCUT2D eigenvalue weighted by Crippen LogP contribution is -1.98. The topological polar surface area (TPSA) is 47.8 Å². The fourth-order valence-electron chi connectivity index (χ4n) is 1.03. The minimum Gasteiger partial charge on any atom is -0.296 e. The molecule has 0 N–H and O–H groups in total. The number of hydrogen-bond acceptors (Lipinski definition) is 3. The SMILES string of the molecule is O=Cc1cnn(-c2ccc(F)cc2)n1. The summed E-state index contributed by atoms with van der Waals surface area (Å²) in [5.41, 5.74) is 0.855. The quantitative estimate of drug-likeness (QED) is 0.670. The van der Waals surface area contributed by atoms with E-state index in [-0.39, 0.29) is 11.5 Å². The maximum Gasteiger partial charge on any atom is 0.171 e. The van der Waals surface area contributed by atoms with E-state index in [9.17, 15) is 9.18 Å². The Morgan fingerprint density at radius 1 is 1.29 bits per heavy atom. The number of aromatic nitrogens is 3. The van der Waals surface area contributed by atoms with E-state index in [1.807, 2.05) is 0 Å². The van der Waals surface area contributed by atoms with E-state index in [1.54, 1.807) is 0 Å². The molecule has 1 aromatic heterocycles. The van der Waals surface area contributed by atoms with Crippen molar-refractivity contribution >= 4 is 6.29 Å². The van der Waals surface area contributed by atoms with E-state index in [0.29, 0.717) is 12.0 Å². The fraction of sp³-hybridized carbons (Fsp3) is 0. The lowest BCUT2D eigenvalue weighted by Gasteiger charge is -1.97. The van der Waals surface area contributed by atoms with Gasteiger partial charge in [-0.1, -0.05) is 0 Å². The largest absolute Gasteiger partial charge is 0.296 e. The lowest BCUT2D eigenvalue weighted by molar-refractivity contribution is 0.111. The molecule has 0 aliphatic rings. The molecule has 0 saturated carbocycles. The number of carbonyl (C=O) groups excluding carboxylic acids is 1. The van der Waals surface area contributed by atoms with Crippen molar-refractivity contribution in [2.24, 2.45) is 0 Å². The molecule has 0 radical (unpaired) electrons. The van der Waals surface area contributed by atoms with Crippen LogP contribution >= 0.6 is 0 Å². The molecule has 0 aliphatic carbocycles. The summed E-state index contributed by atoms with van der Waals surface area (Å²) in [6, 6.07) is 5.67. The molecule has 0 bridgehead atoms. The van der Waals surface area contributed by atoms with Crippen molar-refractivity contribution < 1.29 is 9.18 Å². The first kappa shape index (κ1) is 8.55. The molecule has 2 aromatic rings. The Morgan fingerprint density at radius 3 is 2.57 bits per heavy atom. The van der Waals surface area contributed by atoms with Crippen molar-refractivity contribution in [2.75, 3.05) is 0 Å². The molecule has 0 amide bonds. The first-order valence-electron chi connectivity index (χ1n) is 3.93. The Balaban J connectivity index is 2.39. The first-order chi connectivity index (χ1) is 6.79. The second-order valence-corrected chi connectivity index (χ2v) is 2.65. The predicted molar refractivity (Wildman–Crippen MR) is 46.7 cm³/mol. The van der Waals surface area contributed by atoms with E-state index >= 15 is 0 Å². The molecule has 1 aromatic carbocycles. The Kier molecular flexibility index (Phi) is 2.06. The van der Waals surface area contributed by atoms with Gasteiger partial charge in [0.2, 0.25) is 0 Å². The van der Waals surface area contributed by atoms with Gasteiger partial charge in [-0.25, -0.2) is 4.39 Å². The molecule has 0 fully saturated rings. The van der Waals surface area contributed by atoms with Crippen LogP contribution in [0.1, 0.15) is 10.5 Å². The second kappa shape index (κ2) is 3.37. The summed E-state index contributed by atoms with van der Waals surface area (Å²) in [7, 11) is 0. The highest BCUT2D eigenvalue weighted by Crippen LogP contribution is 2.06. The monoisotopic (exact) mass is 191 g/mol. The highest BCUT2D eigenvalue weighted by molar-refractivity contribution is 5.70. The highest BCUT2D eigenvalue weighted by atomic mass is 19.1. The molecule has 0 spiro atoms. The molecule has 70 valence electrons. The molecular formula is C9H6FN3O. The van der Waals surface area contributed by atoms with Gasteiger partial charge in [-0.2, -0.15) is 9.90 Å². The zero-order valence-corrected chi connectivity index (χ0v) is 7.09. The Bertz CT molecular complexity index is 449. The second-order valence-electron chi connectivity index (χ2n) is 2.65. The van der Waals surface area contributed by atoms with Crippen LogP contribution < -0.4 is 0 Å². The fourth-order valence-corrected chi connectivity index (χ4v) is 1.03. The summed E-state index contributed by atoms with van der Waals surface area (Å²) >= 11 is 0. The summed E-state index contributed by atoms with van der Waals surface area (Å²) in [5.74, 6) is -0.323. The maximum atomic E-state index is 12.6. The summed E-state index contributed by atoms with van der Waals surface area (Å²) < 4.78 is 12.6. The van der Waals surface area contributed by atoms with Crippen molar-refractivity contribution in [1.82, 2.24) is 15.0 Å². The van der Waals surface area contributed by atoms with Crippen LogP contribution in [0.5, 0.6) is 0 Å². The van der Waals surface area contributed by atoms with Gasteiger partial charge in [0, 0.05) is 0 Å². The van der Waals surface area contributed by atoms with Crippen LogP contribution in [0.4, 0.5) is 4.39 Å². The molecule has 2 rings (SSSR count). The van der Waals surface area contributed by atoms with Crippen LogP contribution in [-0.2, 0) is 0 Å². The average Bonchev–Trinajstić information content (AvgIpc) is 2.67. The van der Waals surface area contributed by atoms with Gasteiger partial charge in [0.1, 0.15) is 11.5 Å². The van der Waals surface area contributed by atoms with Crippen molar-refractivity contribution in [3.05, 3.63) is 42.0 Å². The number of rotatable bonds is 2. The third-order valence-electron chi connectivity index (χ3n) is 1.69. The van der Waals surface area contributed by atoms with E-state index in [1.165, 1.54) is 35.3 Å². The minimum atomic E-state index is -0.323. The first-order valence-corrected chi connectivity index (χ1v) is 3.93. The Hall–Kier alpha value is -2.04. The number of aldehydes is 1. The molecule has 1 heterocycles. The van der Waals surface area contributed by atoms with Gasteiger partial charge >= 0.3 is 0 Å². The van der Waals surface area contributed by atoms with E-state index in [0.717, 1.165) is 0 Å².